The van der Waals surface area contributed by atoms with Crippen LogP contribution in [0.15, 0.2) is 18.2 Å². The van der Waals surface area contributed by atoms with E-state index >= 15 is 0 Å². The van der Waals surface area contributed by atoms with Gasteiger partial charge in [-0.1, -0.05) is 23.2 Å². The van der Waals surface area contributed by atoms with Crippen molar-refractivity contribution in [2.45, 2.75) is 18.9 Å². The van der Waals surface area contributed by atoms with Gasteiger partial charge in [0, 0.05) is 23.7 Å². The van der Waals surface area contributed by atoms with Crippen LogP contribution in [0.2, 0.25) is 10.0 Å². The fourth-order valence-electron chi connectivity index (χ4n) is 2.68. The first-order chi connectivity index (χ1) is 10.9. The van der Waals surface area contributed by atoms with Gasteiger partial charge < -0.3 is 10.5 Å². The van der Waals surface area contributed by atoms with Gasteiger partial charge in [0.15, 0.2) is 0 Å². The number of fused-ring (bicyclic) bond motifs is 1. The highest BCUT2D eigenvalue weighted by molar-refractivity contribution is 6.39. The molecule has 3 rings (SSSR count). The van der Waals surface area contributed by atoms with Crippen LogP contribution in [0.4, 0.5) is 13.2 Å². The second-order valence-corrected chi connectivity index (χ2v) is 6.05. The van der Waals surface area contributed by atoms with Crippen LogP contribution >= 0.6 is 23.2 Å². The minimum Gasteiger partial charge on any atom is -0.488 e. The van der Waals surface area contributed by atoms with Gasteiger partial charge in [-0.2, -0.15) is 0 Å². The van der Waals surface area contributed by atoms with Gasteiger partial charge in [-0.15, -0.1) is 0 Å². The predicted molar refractivity (Wildman–Crippen MR) is 83.6 cm³/mol. The van der Waals surface area contributed by atoms with Crippen LogP contribution in [0.1, 0.15) is 12.0 Å². The quantitative estimate of drug-likeness (QED) is 0.784. The summed E-state index contributed by atoms with van der Waals surface area (Å²) in [7, 11) is 0. The van der Waals surface area contributed by atoms with Crippen LogP contribution in [0.5, 0.6) is 5.75 Å². The minimum atomic E-state index is -0.979. The first-order valence-electron chi connectivity index (χ1n) is 6.95. The second kappa shape index (κ2) is 6.23. The monoisotopic (exact) mass is 361 g/mol. The maximum Gasteiger partial charge on any atom is 0.145 e. The van der Waals surface area contributed by atoms with Crippen molar-refractivity contribution in [3.8, 4) is 16.9 Å². The van der Waals surface area contributed by atoms with Gasteiger partial charge in [-0.3, -0.25) is 0 Å². The summed E-state index contributed by atoms with van der Waals surface area (Å²) in [6.45, 7) is 0.273. The second-order valence-electron chi connectivity index (χ2n) is 5.30. The van der Waals surface area contributed by atoms with Crippen molar-refractivity contribution in [2.75, 3.05) is 6.54 Å². The molecule has 0 radical (unpaired) electrons. The number of benzene rings is 2. The van der Waals surface area contributed by atoms with E-state index in [1.165, 1.54) is 6.07 Å². The molecule has 2 aromatic rings. The molecule has 7 heteroatoms. The van der Waals surface area contributed by atoms with Crippen molar-refractivity contribution < 1.29 is 17.9 Å². The summed E-state index contributed by atoms with van der Waals surface area (Å²) in [6.07, 6.45) is 0.906. The molecule has 0 fully saturated rings. The molecule has 2 N–H and O–H groups in total. The maximum atomic E-state index is 13.9. The smallest absolute Gasteiger partial charge is 0.145 e. The number of ether oxygens (including phenoxy) is 1. The maximum absolute atomic E-state index is 13.9. The molecule has 1 aliphatic heterocycles. The Bertz CT molecular complexity index is 756. The number of nitrogens with two attached hydrogens (primary N) is 1. The van der Waals surface area contributed by atoms with Crippen molar-refractivity contribution in [1.82, 2.24) is 0 Å². The van der Waals surface area contributed by atoms with Crippen molar-refractivity contribution >= 4 is 23.2 Å². The molecule has 0 unspecified atom stereocenters. The minimum absolute atomic E-state index is 0.117. The lowest BCUT2D eigenvalue weighted by atomic mass is 9.95. The fraction of sp³-hybridized carbons (Fsp3) is 0.250. The summed E-state index contributed by atoms with van der Waals surface area (Å²) >= 11 is 11.9. The Labute approximate surface area is 140 Å². The van der Waals surface area contributed by atoms with E-state index in [1.54, 1.807) is 0 Å². The number of aryl methyl sites for hydroxylation is 1. The topological polar surface area (TPSA) is 35.2 Å². The fourth-order valence-corrected chi connectivity index (χ4v) is 3.23. The molecule has 0 saturated heterocycles. The lowest BCUT2D eigenvalue weighted by Crippen LogP contribution is -2.30. The molecule has 1 aliphatic rings. The zero-order valence-electron chi connectivity index (χ0n) is 11.8. The molecule has 0 aliphatic carbocycles. The molecule has 0 bridgehead atoms. The van der Waals surface area contributed by atoms with Crippen LogP contribution in [0.25, 0.3) is 11.1 Å². The van der Waals surface area contributed by atoms with Gasteiger partial charge in [0.2, 0.25) is 0 Å². The Morgan fingerprint density at radius 1 is 1.09 bits per heavy atom. The molecular weight excluding hydrogens is 350 g/mol. The van der Waals surface area contributed by atoms with E-state index in [0.717, 1.165) is 6.07 Å². The normalized spacial score (nSPS) is 16.9. The summed E-state index contributed by atoms with van der Waals surface area (Å²) < 4.78 is 47.3. The highest BCUT2D eigenvalue weighted by atomic mass is 35.5. The Kier molecular flexibility index (Phi) is 4.45. The number of hydrogen-bond donors (Lipinski definition) is 1. The zero-order chi connectivity index (χ0) is 16.7. The summed E-state index contributed by atoms with van der Waals surface area (Å²) in [6, 6.07) is 3.01. The summed E-state index contributed by atoms with van der Waals surface area (Å²) in [5, 5.41) is -0.773. The highest BCUT2D eigenvalue weighted by Crippen LogP contribution is 2.45. The van der Waals surface area contributed by atoms with E-state index in [1.807, 2.05) is 0 Å². The average Bonchev–Trinajstić information content (AvgIpc) is 2.52. The van der Waals surface area contributed by atoms with Crippen molar-refractivity contribution in [2.24, 2.45) is 5.73 Å². The molecule has 1 atom stereocenters. The molecular formula is C16H12Cl2F3NO. The SMILES string of the molecule is NC[C@H]1CCc2cc(F)cc(-c3c(Cl)c(F)cc(F)c3Cl)c2O1. The molecule has 23 heavy (non-hydrogen) atoms. The van der Waals surface area contributed by atoms with Gasteiger partial charge >= 0.3 is 0 Å². The van der Waals surface area contributed by atoms with Crippen LogP contribution < -0.4 is 10.5 Å². The Morgan fingerprint density at radius 2 is 1.74 bits per heavy atom. The number of hydrogen-bond acceptors (Lipinski definition) is 2. The largest absolute Gasteiger partial charge is 0.488 e. The molecule has 0 saturated carbocycles. The van der Waals surface area contributed by atoms with Crippen LogP contribution in [-0.4, -0.2) is 12.6 Å². The van der Waals surface area contributed by atoms with Crippen molar-refractivity contribution in [3.05, 3.63) is 51.3 Å². The Balaban J connectivity index is 2.28. The third kappa shape index (κ3) is 2.89. The van der Waals surface area contributed by atoms with E-state index in [4.69, 9.17) is 33.7 Å². The van der Waals surface area contributed by atoms with Gasteiger partial charge in [0.25, 0.3) is 0 Å². The van der Waals surface area contributed by atoms with E-state index < -0.39 is 17.5 Å². The van der Waals surface area contributed by atoms with E-state index in [9.17, 15) is 13.2 Å². The Morgan fingerprint density at radius 3 is 2.35 bits per heavy atom. The van der Waals surface area contributed by atoms with Crippen LogP contribution in [0, 0.1) is 17.5 Å². The molecule has 1 heterocycles. The summed E-state index contributed by atoms with van der Waals surface area (Å²) in [4.78, 5) is 0. The molecule has 0 spiro atoms. The van der Waals surface area contributed by atoms with E-state index in [0.29, 0.717) is 30.2 Å². The summed E-state index contributed by atoms with van der Waals surface area (Å²) in [5.74, 6) is -2.22. The van der Waals surface area contributed by atoms with E-state index in [2.05, 4.69) is 0 Å². The summed E-state index contributed by atoms with van der Waals surface area (Å²) in [5.41, 5.74) is 6.19. The molecule has 0 aromatic heterocycles. The van der Waals surface area contributed by atoms with E-state index in [-0.39, 0.29) is 33.8 Å². The van der Waals surface area contributed by atoms with Crippen molar-refractivity contribution in [1.29, 1.82) is 0 Å². The molecule has 2 aromatic carbocycles. The average molecular weight is 362 g/mol. The highest BCUT2D eigenvalue weighted by Gasteiger charge is 2.27. The first-order valence-corrected chi connectivity index (χ1v) is 7.70. The lowest BCUT2D eigenvalue weighted by Gasteiger charge is -2.27. The standard InChI is InChI=1S/C16H12Cl2F3NO/c17-14-11(20)5-12(21)15(18)13(14)10-4-8(19)3-7-1-2-9(6-22)23-16(7)10/h3-5,9H,1-2,6,22H2/t9-/m1/s1. The van der Waals surface area contributed by atoms with Gasteiger partial charge in [0.1, 0.15) is 29.3 Å². The van der Waals surface area contributed by atoms with Gasteiger partial charge in [-0.05, 0) is 30.5 Å². The van der Waals surface area contributed by atoms with Crippen LogP contribution in [-0.2, 0) is 6.42 Å². The third-order valence-corrected chi connectivity index (χ3v) is 4.53. The van der Waals surface area contributed by atoms with Crippen molar-refractivity contribution in [3.63, 3.8) is 0 Å². The predicted octanol–water partition coefficient (Wildman–Crippen LogP) is 4.73. The number of halogens is 5. The lowest BCUT2D eigenvalue weighted by molar-refractivity contribution is 0.182. The molecule has 2 nitrogen and oxygen atoms in total. The Hall–Kier alpha value is -1.43. The molecule has 0 amide bonds. The number of rotatable bonds is 2. The first kappa shape index (κ1) is 16.4. The zero-order valence-corrected chi connectivity index (χ0v) is 13.3. The molecule has 122 valence electrons. The van der Waals surface area contributed by atoms with Crippen LogP contribution in [0.3, 0.4) is 0 Å². The van der Waals surface area contributed by atoms with Gasteiger partial charge in [0.05, 0.1) is 10.0 Å². The van der Waals surface area contributed by atoms with Gasteiger partial charge in [-0.25, -0.2) is 13.2 Å². The third-order valence-electron chi connectivity index (χ3n) is 3.79.